The maximum absolute atomic E-state index is 12.9. The Bertz CT molecular complexity index is 1650. The van der Waals surface area contributed by atoms with Crippen LogP contribution in [0.25, 0.3) is 0 Å². The summed E-state index contributed by atoms with van der Waals surface area (Å²) in [4.78, 5) is 38.3. The van der Waals surface area contributed by atoms with Crippen molar-refractivity contribution in [3.05, 3.63) is 134 Å². The summed E-state index contributed by atoms with van der Waals surface area (Å²) in [5.41, 5.74) is 0. The second-order valence-corrected chi connectivity index (χ2v) is 20.6. The van der Waals surface area contributed by atoms with Crippen molar-refractivity contribution in [3.8, 4) is 0 Å². The van der Waals surface area contributed by atoms with Gasteiger partial charge >= 0.3 is 17.9 Å². The van der Waals surface area contributed by atoms with E-state index in [0.29, 0.717) is 19.3 Å². The fraction of sp³-hybridized carbons (Fsp3) is 0.648. The van der Waals surface area contributed by atoms with Crippen molar-refractivity contribution >= 4 is 17.9 Å². The Morgan fingerprint density at radius 3 is 0.844 bits per heavy atom. The summed E-state index contributed by atoms with van der Waals surface area (Å²) in [6.45, 7) is 6.41. The second kappa shape index (κ2) is 64.1. The van der Waals surface area contributed by atoms with Gasteiger partial charge in [-0.05, 0) is 135 Å². The molecule has 0 rings (SSSR count). The van der Waals surface area contributed by atoms with Crippen LogP contribution < -0.4 is 0 Å². The molecule has 0 aromatic heterocycles. The highest BCUT2D eigenvalue weighted by atomic mass is 16.6. The number of unbranched alkanes of at least 4 members (excludes halogenated alkanes) is 23. The Kier molecular flexibility index (Phi) is 60.4. The van der Waals surface area contributed by atoms with Gasteiger partial charge in [-0.15, -0.1) is 0 Å². The van der Waals surface area contributed by atoms with Gasteiger partial charge in [-0.25, -0.2) is 0 Å². The summed E-state index contributed by atoms with van der Waals surface area (Å²) in [6.07, 6.45) is 90.2. The topological polar surface area (TPSA) is 78.9 Å². The highest BCUT2D eigenvalue weighted by Crippen LogP contribution is 2.15. The lowest BCUT2D eigenvalue weighted by Gasteiger charge is -2.18. The van der Waals surface area contributed by atoms with Gasteiger partial charge in [0.05, 0.1) is 0 Å². The van der Waals surface area contributed by atoms with Gasteiger partial charge < -0.3 is 14.2 Å². The van der Waals surface area contributed by atoms with Gasteiger partial charge in [-0.1, -0.05) is 257 Å². The normalized spacial score (nSPS) is 13.0. The zero-order chi connectivity index (χ0) is 55.7. The average molecular weight is 1070 g/mol. The molecule has 0 spiro atoms. The molecule has 6 heteroatoms. The summed E-state index contributed by atoms with van der Waals surface area (Å²) >= 11 is 0. The Balaban J connectivity index is 4.38. The first kappa shape index (κ1) is 72.5. The summed E-state index contributed by atoms with van der Waals surface area (Å²) in [5, 5.41) is 0. The summed E-state index contributed by atoms with van der Waals surface area (Å²) in [6, 6.07) is 0. The van der Waals surface area contributed by atoms with Crippen molar-refractivity contribution in [1.29, 1.82) is 0 Å². The number of allylic oxidation sites excluding steroid dienone is 22. The molecule has 0 aromatic carbocycles. The van der Waals surface area contributed by atoms with Gasteiger partial charge in [0.1, 0.15) is 13.2 Å². The molecule has 77 heavy (non-hydrogen) atoms. The fourth-order valence-electron chi connectivity index (χ4n) is 8.37. The predicted molar refractivity (Wildman–Crippen MR) is 334 cm³/mol. The van der Waals surface area contributed by atoms with E-state index in [4.69, 9.17) is 14.2 Å². The van der Waals surface area contributed by atoms with Gasteiger partial charge in [0.15, 0.2) is 6.10 Å². The van der Waals surface area contributed by atoms with E-state index in [9.17, 15) is 14.4 Å². The highest BCUT2D eigenvalue weighted by molar-refractivity contribution is 5.71. The van der Waals surface area contributed by atoms with E-state index in [1.165, 1.54) is 77.0 Å². The zero-order valence-corrected chi connectivity index (χ0v) is 49.9. The lowest BCUT2D eigenvalue weighted by molar-refractivity contribution is -0.167. The standard InChI is InChI=1S/C71H116O6/c1-4-7-10-13-16-19-22-25-27-29-31-32-33-34-35-36-37-38-40-41-43-46-49-52-55-58-61-64-70(73)76-67-68(66-75-69(72)63-60-57-54-51-48-45-24-21-18-15-12-9-6-3)77-71(74)65-62-59-56-53-50-47-44-42-39-30-28-26-23-20-17-14-11-8-5-2/h7,10,12,15-17,19-21,24-28,31-32,34-35,37-39,42,68H,4-6,8-9,11,13-14,18,22-23,29-30,33,36,40-41,43-67H2,1-3H3/b10-7-,15-12-,19-16-,20-17-,24-21-,27-25-,28-26-,32-31-,35-34-,38-37-,42-39-. The third-order valence-corrected chi connectivity index (χ3v) is 13.1. The molecule has 436 valence electrons. The molecule has 1 atom stereocenters. The van der Waals surface area contributed by atoms with E-state index >= 15 is 0 Å². The Hall–Kier alpha value is -4.45. The molecular weight excluding hydrogens is 949 g/mol. The van der Waals surface area contributed by atoms with Crippen LogP contribution in [0, 0.1) is 0 Å². The molecule has 0 aromatic rings. The number of ether oxygens (including phenoxy) is 3. The molecule has 0 amide bonds. The second-order valence-electron chi connectivity index (χ2n) is 20.6. The summed E-state index contributed by atoms with van der Waals surface area (Å²) < 4.78 is 16.9. The van der Waals surface area contributed by atoms with Crippen LogP contribution in [0.5, 0.6) is 0 Å². The molecule has 1 unspecified atom stereocenters. The molecule has 0 saturated carbocycles. The van der Waals surface area contributed by atoms with Crippen molar-refractivity contribution < 1.29 is 28.6 Å². The van der Waals surface area contributed by atoms with Crippen molar-refractivity contribution in [1.82, 2.24) is 0 Å². The molecule has 0 aliphatic heterocycles. The van der Waals surface area contributed by atoms with E-state index in [1.54, 1.807) is 0 Å². The van der Waals surface area contributed by atoms with Crippen LogP contribution in [0.1, 0.15) is 278 Å². The van der Waals surface area contributed by atoms with Crippen LogP contribution in [0.2, 0.25) is 0 Å². The van der Waals surface area contributed by atoms with E-state index in [2.05, 4.69) is 154 Å². The van der Waals surface area contributed by atoms with Crippen molar-refractivity contribution in [3.63, 3.8) is 0 Å². The average Bonchev–Trinajstić information content (AvgIpc) is 3.43. The monoisotopic (exact) mass is 1060 g/mol. The zero-order valence-electron chi connectivity index (χ0n) is 49.9. The number of esters is 3. The Labute approximate surface area is 475 Å². The fourth-order valence-corrected chi connectivity index (χ4v) is 8.37. The van der Waals surface area contributed by atoms with Gasteiger partial charge in [0.2, 0.25) is 0 Å². The molecule has 0 aliphatic rings. The molecule has 0 fully saturated rings. The van der Waals surface area contributed by atoms with Crippen molar-refractivity contribution in [2.24, 2.45) is 0 Å². The highest BCUT2D eigenvalue weighted by Gasteiger charge is 2.19. The number of rotatable bonds is 56. The maximum atomic E-state index is 12.9. The van der Waals surface area contributed by atoms with Gasteiger partial charge in [0.25, 0.3) is 0 Å². The van der Waals surface area contributed by atoms with Gasteiger partial charge in [-0.2, -0.15) is 0 Å². The molecule has 0 heterocycles. The molecule has 6 nitrogen and oxygen atoms in total. The lowest BCUT2D eigenvalue weighted by Crippen LogP contribution is -2.30. The number of carbonyl (C=O) groups is 3. The van der Waals surface area contributed by atoms with Gasteiger partial charge in [0, 0.05) is 19.3 Å². The van der Waals surface area contributed by atoms with Gasteiger partial charge in [-0.3, -0.25) is 14.4 Å². The molecule has 0 saturated heterocycles. The number of carbonyl (C=O) groups excluding carboxylic acids is 3. The smallest absolute Gasteiger partial charge is 0.306 e. The minimum atomic E-state index is -0.800. The molecule has 0 bridgehead atoms. The molecule has 0 radical (unpaired) electrons. The third kappa shape index (κ3) is 62.3. The predicted octanol–water partition coefficient (Wildman–Crippen LogP) is 21.8. The first-order chi connectivity index (χ1) is 38.0. The first-order valence-electron chi connectivity index (χ1n) is 31.7. The SMILES string of the molecule is CC/C=C\C/C=C\C/C=C\C/C=C\C/C=C\C/C=C\CCCCCCCCCCC(=O)OCC(COC(=O)CCCCCCC/C=C\C/C=C\CCC)OC(=O)CCCCCCCC/C=C\C/C=C\C/C=C\CCCCC. The van der Waals surface area contributed by atoms with E-state index in [1.807, 2.05) is 0 Å². The van der Waals surface area contributed by atoms with Crippen LogP contribution in [0.15, 0.2) is 134 Å². The quantitative estimate of drug-likeness (QED) is 0.0261. The largest absolute Gasteiger partial charge is 0.462 e. The van der Waals surface area contributed by atoms with E-state index < -0.39 is 6.10 Å². The minimum absolute atomic E-state index is 0.0961. The van der Waals surface area contributed by atoms with Crippen LogP contribution >= 0.6 is 0 Å². The third-order valence-electron chi connectivity index (χ3n) is 13.1. The molecule has 0 aliphatic carbocycles. The van der Waals surface area contributed by atoms with E-state index in [-0.39, 0.29) is 31.1 Å². The van der Waals surface area contributed by atoms with E-state index in [0.717, 1.165) is 161 Å². The van der Waals surface area contributed by atoms with Crippen LogP contribution in [-0.2, 0) is 28.6 Å². The number of hydrogen-bond acceptors (Lipinski definition) is 6. The number of hydrogen-bond donors (Lipinski definition) is 0. The lowest BCUT2D eigenvalue weighted by atomic mass is 10.1. The van der Waals surface area contributed by atoms with Crippen LogP contribution in [0.4, 0.5) is 0 Å². The Morgan fingerprint density at radius 1 is 0.273 bits per heavy atom. The Morgan fingerprint density at radius 2 is 0.532 bits per heavy atom. The summed E-state index contributed by atoms with van der Waals surface area (Å²) in [7, 11) is 0. The molecule has 0 N–H and O–H groups in total. The van der Waals surface area contributed by atoms with Crippen molar-refractivity contribution in [2.45, 2.75) is 284 Å². The first-order valence-corrected chi connectivity index (χ1v) is 31.7. The summed E-state index contributed by atoms with van der Waals surface area (Å²) in [5.74, 6) is -0.930. The van der Waals surface area contributed by atoms with Crippen LogP contribution in [-0.4, -0.2) is 37.2 Å². The molecular formula is C71H116O6. The van der Waals surface area contributed by atoms with Crippen molar-refractivity contribution in [2.75, 3.05) is 13.2 Å². The van der Waals surface area contributed by atoms with Crippen LogP contribution in [0.3, 0.4) is 0 Å². The maximum Gasteiger partial charge on any atom is 0.306 e. The minimum Gasteiger partial charge on any atom is -0.462 e.